The standard InChI is InChI=1S/C20H27ClN4O4/c1-3-27-12-13-28-15(2)20(26)25-10-8-24(9-11-25)14-18-22-19(23-29-18)16-4-6-17(21)7-5-16/h4-7,15H,3,8-14H2,1-2H3. The van der Waals surface area contributed by atoms with Crippen molar-refractivity contribution in [2.45, 2.75) is 26.5 Å². The minimum atomic E-state index is -0.458. The van der Waals surface area contributed by atoms with Gasteiger partial charge in [-0.1, -0.05) is 16.8 Å². The van der Waals surface area contributed by atoms with Gasteiger partial charge in [-0.15, -0.1) is 0 Å². The lowest BCUT2D eigenvalue weighted by Crippen LogP contribution is -2.51. The first-order valence-electron chi connectivity index (χ1n) is 9.86. The Morgan fingerprint density at radius 3 is 2.62 bits per heavy atom. The van der Waals surface area contributed by atoms with Gasteiger partial charge in [0.05, 0.1) is 19.8 Å². The third-order valence-electron chi connectivity index (χ3n) is 4.76. The molecule has 1 saturated heterocycles. The third-order valence-corrected chi connectivity index (χ3v) is 5.01. The fraction of sp³-hybridized carbons (Fsp3) is 0.550. The molecule has 1 amide bonds. The van der Waals surface area contributed by atoms with Gasteiger partial charge >= 0.3 is 0 Å². The number of carbonyl (C=O) groups excluding carboxylic acids is 1. The molecule has 0 radical (unpaired) electrons. The molecule has 1 aromatic heterocycles. The Morgan fingerprint density at radius 2 is 1.93 bits per heavy atom. The Kier molecular flexibility index (Phi) is 8.00. The van der Waals surface area contributed by atoms with E-state index in [0.29, 0.717) is 56.2 Å². The molecule has 2 aromatic rings. The maximum atomic E-state index is 12.5. The normalized spacial score (nSPS) is 16.2. The molecule has 1 aliphatic heterocycles. The maximum absolute atomic E-state index is 12.5. The van der Waals surface area contributed by atoms with E-state index in [1.165, 1.54) is 0 Å². The summed E-state index contributed by atoms with van der Waals surface area (Å²) >= 11 is 5.91. The molecule has 2 heterocycles. The summed E-state index contributed by atoms with van der Waals surface area (Å²) < 4.78 is 16.2. The number of halogens is 1. The number of carbonyl (C=O) groups is 1. The highest BCUT2D eigenvalue weighted by Gasteiger charge is 2.26. The number of hydrogen-bond acceptors (Lipinski definition) is 7. The number of amides is 1. The van der Waals surface area contributed by atoms with Crippen molar-refractivity contribution in [2.75, 3.05) is 46.0 Å². The number of hydrogen-bond donors (Lipinski definition) is 0. The molecule has 3 rings (SSSR count). The minimum absolute atomic E-state index is 0.0176. The molecule has 0 bridgehead atoms. The van der Waals surface area contributed by atoms with Crippen molar-refractivity contribution >= 4 is 17.5 Å². The van der Waals surface area contributed by atoms with E-state index in [1.807, 2.05) is 24.0 Å². The average molecular weight is 423 g/mol. The second kappa shape index (κ2) is 10.7. The smallest absolute Gasteiger partial charge is 0.251 e. The Balaban J connectivity index is 1.44. The van der Waals surface area contributed by atoms with Crippen LogP contribution in [0.25, 0.3) is 11.4 Å². The lowest BCUT2D eigenvalue weighted by Gasteiger charge is -2.35. The lowest BCUT2D eigenvalue weighted by molar-refractivity contribution is -0.145. The summed E-state index contributed by atoms with van der Waals surface area (Å²) in [6.07, 6.45) is -0.458. The highest BCUT2D eigenvalue weighted by atomic mass is 35.5. The summed E-state index contributed by atoms with van der Waals surface area (Å²) in [5.41, 5.74) is 0.859. The number of piperazine rings is 1. The number of rotatable bonds is 9. The Hall–Kier alpha value is -2.00. The molecule has 1 aliphatic rings. The van der Waals surface area contributed by atoms with E-state index >= 15 is 0 Å². The quantitative estimate of drug-likeness (QED) is 0.574. The van der Waals surface area contributed by atoms with Crippen molar-refractivity contribution in [1.29, 1.82) is 0 Å². The monoisotopic (exact) mass is 422 g/mol. The van der Waals surface area contributed by atoms with E-state index in [2.05, 4.69) is 15.0 Å². The predicted molar refractivity (Wildman–Crippen MR) is 109 cm³/mol. The molecular weight excluding hydrogens is 396 g/mol. The molecule has 0 spiro atoms. The molecule has 0 saturated carbocycles. The van der Waals surface area contributed by atoms with Crippen LogP contribution in [0, 0.1) is 0 Å². The molecule has 1 unspecified atom stereocenters. The Morgan fingerprint density at radius 1 is 1.21 bits per heavy atom. The van der Waals surface area contributed by atoms with E-state index in [9.17, 15) is 4.79 Å². The highest BCUT2D eigenvalue weighted by Crippen LogP contribution is 2.19. The van der Waals surface area contributed by atoms with Gasteiger partial charge in [-0.3, -0.25) is 9.69 Å². The van der Waals surface area contributed by atoms with Crippen LogP contribution in [0.15, 0.2) is 28.8 Å². The summed E-state index contributed by atoms with van der Waals surface area (Å²) in [6, 6.07) is 7.31. The van der Waals surface area contributed by atoms with Gasteiger partial charge in [-0.25, -0.2) is 0 Å². The summed E-state index contributed by atoms with van der Waals surface area (Å²) in [5.74, 6) is 1.12. The summed E-state index contributed by atoms with van der Waals surface area (Å²) in [6.45, 7) is 8.65. The predicted octanol–water partition coefficient (Wildman–Crippen LogP) is 2.48. The first kappa shape index (κ1) is 21.7. The van der Waals surface area contributed by atoms with Gasteiger partial charge in [0, 0.05) is 43.4 Å². The van der Waals surface area contributed by atoms with Gasteiger partial charge in [0.25, 0.3) is 5.91 Å². The first-order chi connectivity index (χ1) is 14.1. The topological polar surface area (TPSA) is 80.9 Å². The SMILES string of the molecule is CCOCCOC(C)C(=O)N1CCN(Cc2nc(-c3ccc(Cl)cc3)no2)CC1. The van der Waals surface area contributed by atoms with Crippen LogP contribution in [-0.2, 0) is 20.8 Å². The molecule has 1 atom stereocenters. The van der Waals surface area contributed by atoms with Crippen LogP contribution in [0.5, 0.6) is 0 Å². The van der Waals surface area contributed by atoms with E-state index in [4.69, 9.17) is 25.6 Å². The second-order valence-corrected chi connectivity index (χ2v) is 7.27. The van der Waals surface area contributed by atoms with Gasteiger partial charge in [0.1, 0.15) is 6.10 Å². The number of aromatic nitrogens is 2. The summed E-state index contributed by atoms with van der Waals surface area (Å²) in [4.78, 5) is 21.0. The zero-order valence-electron chi connectivity index (χ0n) is 16.8. The minimum Gasteiger partial charge on any atom is -0.379 e. The van der Waals surface area contributed by atoms with Crippen LogP contribution in [-0.4, -0.2) is 78.0 Å². The van der Waals surface area contributed by atoms with Crippen LogP contribution in [0.3, 0.4) is 0 Å². The van der Waals surface area contributed by atoms with Gasteiger partial charge < -0.3 is 18.9 Å². The van der Waals surface area contributed by atoms with Gasteiger partial charge in [-0.05, 0) is 38.1 Å². The maximum Gasteiger partial charge on any atom is 0.251 e. The van der Waals surface area contributed by atoms with Gasteiger partial charge in [0.15, 0.2) is 0 Å². The molecule has 158 valence electrons. The molecule has 0 aliphatic carbocycles. The van der Waals surface area contributed by atoms with Crippen LogP contribution < -0.4 is 0 Å². The van der Waals surface area contributed by atoms with E-state index in [0.717, 1.165) is 18.7 Å². The molecule has 29 heavy (non-hydrogen) atoms. The van der Waals surface area contributed by atoms with E-state index in [1.54, 1.807) is 19.1 Å². The molecule has 8 nitrogen and oxygen atoms in total. The molecule has 0 N–H and O–H groups in total. The molecule has 1 aromatic carbocycles. The van der Waals surface area contributed by atoms with Crippen molar-refractivity contribution in [3.05, 3.63) is 35.2 Å². The van der Waals surface area contributed by atoms with Crippen molar-refractivity contribution in [1.82, 2.24) is 19.9 Å². The van der Waals surface area contributed by atoms with E-state index in [-0.39, 0.29) is 5.91 Å². The van der Waals surface area contributed by atoms with Crippen molar-refractivity contribution in [2.24, 2.45) is 0 Å². The van der Waals surface area contributed by atoms with Crippen LogP contribution >= 0.6 is 11.6 Å². The van der Waals surface area contributed by atoms with Crippen LogP contribution in [0.2, 0.25) is 5.02 Å². The zero-order chi connectivity index (χ0) is 20.6. The number of ether oxygens (including phenoxy) is 2. The first-order valence-corrected chi connectivity index (χ1v) is 10.2. The molecule has 9 heteroatoms. The number of nitrogens with zero attached hydrogens (tertiary/aromatic N) is 4. The molecule has 1 fully saturated rings. The Labute approximate surface area is 175 Å². The van der Waals surface area contributed by atoms with Crippen LogP contribution in [0.1, 0.15) is 19.7 Å². The third kappa shape index (κ3) is 6.24. The fourth-order valence-electron chi connectivity index (χ4n) is 3.11. The lowest BCUT2D eigenvalue weighted by atomic mass is 10.2. The number of benzene rings is 1. The van der Waals surface area contributed by atoms with Crippen molar-refractivity contribution in [3.63, 3.8) is 0 Å². The van der Waals surface area contributed by atoms with Crippen molar-refractivity contribution in [3.8, 4) is 11.4 Å². The molecular formula is C20H27ClN4O4. The van der Waals surface area contributed by atoms with Gasteiger partial charge in [0.2, 0.25) is 11.7 Å². The Bertz CT molecular complexity index is 775. The summed E-state index contributed by atoms with van der Waals surface area (Å²) in [7, 11) is 0. The van der Waals surface area contributed by atoms with Crippen LogP contribution in [0.4, 0.5) is 0 Å². The van der Waals surface area contributed by atoms with E-state index < -0.39 is 6.10 Å². The fourth-order valence-corrected chi connectivity index (χ4v) is 3.24. The highest BCUT2D eigenvalue weighted by molar-refractivity contribution is 6.30. The summed E-state index contributed by atoms with van der Waals surface area (Å²) in [5, 5.41) is 4.71. The van der Waals surface area contributed by atoms with Gasteiger partial charge in [-0.2, -0.15) is 4.98 Å². The van der Waals surface area contributed by atoms with Crippen molar-refractivity contribution < 1.29 is 18.8 Å². The largest absolute Gasteiger partial charge is 0.379 e. The zero-order valence-corrected chi connectivity index (χ0v) is 17.6. The average Bonchev–Trinajstić information content (AvgIpc) is 3.20. The second-order valence-electron chi connectivity index (χ2n) is 6.83.